The second-order valence-electron chi connectivity index (χ2n) is 5.15. The van der Waals surface area contributed by atoms with Crippen molar-refractivity contribution in [1.82, 2.24) is 10.2 Å². The van der Waals surface area contributed by atoms with Crippen LogP contribution >= 0.6 is 15.9 Å². The lowest BCUT2D eigenvalue weighted by atomic mass is 10.2. The van der Waals surface area contributed by atoms with Gasteiger partial charge in [0.25, 0.3) is 5.91 Å². The summed E-state index contributed by atoms with van der Waals surface area (Å²) in [5.74, 6) is 0.626. The molecule has 0 saturated heterocycles. The smallest absolute Gasteiger partial charge is 0.278 e. The van der Waals surface area contributed by atoms with Crippen LogP contribution in [-0.4, -0.2) is 36.7 Å². The van der Waals surface area contributed by atoms with E-state index in [1.807, 2.05) is 37.2 Å². The molecule has 108 valence electrons. The average molecular weight is 347 g/mol. The Labute approximate surface area is 131 Å². The first-order chi connectivity index (χ1) is 10.1. The van der Waals surface area contributed by atoms with E-state index in [0.717, 1.165) is 22.4 Å². The average Bonchev–Trinajstić information content (AvgIpc) is 2.89. The van der Waals surface area contributed by atoms with E-state index in [1.165, 1.54) is 5.56 Å². The lowest BCUT2D eigenvalue weighted by Gasteiger charge is -2.17. The molecule has 0 atom stereocenters. The number of anilines is 2. The quantitative estimate of drug-likeness (QED) is 0.838. The molecule has 1 aliphatic rings. The summed E-state index contributed by atoms with van der Waals surface area (Å²) in [4.78, 5) is 16.2. The van der Waals surface area contributed by atoms with Crippen molar-refractivity contribution in [1.29, 1.82) is 0 Å². The Morgan fingerprint density at radius 1 is 1.24 bits per heavy atom. The van der Waals surface area contributed by atoms with Gasteiger partial charge in [0, 0.05) is 30.8 Å². The summed E-state index contributed by atoms with van der Waals surface area (Å²) in [6.45, 7) is 0.682. The van der Waals surface area contributed by atoms with E-state index >= 15 is 0 Å². The van der Waals surface area contributed by atoms with Gasteiger partial charge in [-0.3, -0.25) is 4.79 Å². The molecule has 0 fully saturated rings. The monoisotopic (exact) mass is 346 g/mol. The number of aromatic nitrogens is 2. The third-order valence-electron chi connectivity index (χ3n) is 3.52. The van der Waals surface area contributed by atoms with Crippen molar-refractivity contribution in [2.45, 2.75) is 6.42 Å². The molecule has 0 bridgehead atoms. The van der Waals surface area contributed by atoms with Gasteiger partial charge in [0.2, 0.25) is 0 Å². The van der Waals surface area contributed by atoms with E-state index < -0.39 is 0 Å². The molecule has 0 spiro atoms. The Balaban J connectivity index is 1.89. The number of nitrogens with zero attached hydrogens (tertiary/aromatic N) is 4. The maximum absolute atomic E-state index is 12.6. The number of hydrogen-bond acceptors (Lipinski definition) is 4. The number of benzene rings is 1. The number of rotatable bonds is 2. The number of fused-ring (bicyclic) bond motifs is 1. The molecule has 2 heterocycles. The predicted molar refractivity (Wildman–Crippen MR) is 85.9 cm³/mol. The molecular formula is C15H15BrN4O. The minimum absolute atomic E-state index is 0.107. The van der Waals surface area contributed by atoms with Gasteiger partial charge >= 0.3 is 0 Å². The van der Waals surface area contributed by atoms with Gasteiger partial charge in [-0.15, -0.1) is 10.2 Å². The standard InChI is InChI=1S/C15H15BrN4O/c1-19(2)14-6-5-12(17-18-14)15(21)20-8-7-10-3-4-11(16)9-13(10)20/h3-6,9H,7-8H2,1-2H3. The molecule has 21 heavy (non-hydrogen) atoms. The fourth-order valence-corrected chi connectivity index (χ4v) is 2.73. The van der Waals surface area contributed by atoms with Gasteiger partial charge in [0.15, 0.2) is 11.5 Å². The number of carbonyl (C=O) groups excluding carboxylic acids is 1. The van der Waals surface area contributed by atoms with Crippen LogP contribution in [0.5, 0.6) is 0 Å². The number of amides is 1. The summed E-state index contributed by atoms with van der Waals surface area (Å²) in [6, 6.07) is 9.55. The minimum Gasteiger partial charge on any atom is -0.361 e. The molecule has 0 unspecified atom stereocenters. The highest BCUT2D eigenvalue weighted by atomic mass is 79.9. The van der Waals surface area contributed by atoms with E-state index in [0.29, 0.717) is 12.2 Å². The summed E-state index contributed by atoms with van der Waals surface area (Å²) in [5, 5.41) is 8.11. The molecular weight excluding hydrogens is 332 g/mol. The lowest BCUT2D eigenvalue weighted by molar-refractivity contribution is 0.0983. The highest BCUT2D eigenvalue weighted by Crippen LogP contribution is 2.31. The third-order valence-corrected chi connectivity index (χ3v) is 4.01. The first-order valence-corrected chi connectivity index (χ1v) is 7.47. The van der Waals surface area contributed by atoms with Crippen molar-refractivity contribution in [3.8, 4) is 0 Å². The Bertz CT molecular complexity index is 685. The van der Waals surface area contributed by atoms with Crippen LogP contribution in [0.1, 0.15) is 16.1 Å². The van der Waals surface area contributed by atoms with E-state index in [9.17, 15) is 4.79 Å². The number of carbonyl (C=O) groups is 1. The van der Waals surface area contributed by atoms with E-state index in [2.05, 4.69) is 26.1 Å². The summed E-state index contributed by atoms with van der Waals surface area (Å²) in [7, 11) is 3.78. The van der Waals surface area contributed by atoms with Gasteiger partial charge in [-0.25, -0.2) is 0 Å². The van der Waals surface area contributed by atoms with Crippen molar-refractivity contribution >= 4 is 33.3 Å². The zero-order valence-corrected chi connectivity index (χ0v) is 13.5. The first-order valence-electron chi connectivity index (χ1n) is 6.67. The minimum atomic E-state index is -0.107. The third kappa shape index (κ3) is 2.63. The van der Waals surface area contributed by atoms with Crippen LogP contribution in [-0.2, 0) is 6.42 Å². The fraction of sp³-hybridized carbons (Fsp3) is 0.267. The molecule has 1 aromatic carbocycles. The van der Waals surface area contributed by atoms with Crippen molar-refractivity contribution in [2.75, 3.05) is 30.4 Å². The molecule has 0 aliphatic carbocycles. The molecule has 6 heteroatoms. The Kier molecular flexibility index (Phi) is 3.63. The lowest BCUT2D eigenvalue weighted by Crippen LogP contribution is -2.30. The van der Waals surface area contributed by atoms with Crippen molar-refractivity contribution in [3.63, 3.8) is 0 Å². The molecule has 1 aromatic heterocycles. The van der Waals surface area contributed by atoms with E-state index in [1.54, 1.807) is 17.0 Å². The molecule has 5 nitrogen and oxygen atoms in total. The van der Waals surface area contributed by atoms with Crippen LogP contribution in [0.4, 0.5) is 11.5 Å². The fourth-order valence-electron chi connectivity index (χ4n) is 2.38. The zero-order valence-electron chi connectivity index (χ0n) is 11.9. The van der Waals surface area contributed by atoms with E-state index in [-0.39, 0.29) is 5.91 Å². The highest BCUT2D eigenvalue weighted by molar-refractivity contribution is 9.10. The second-order valence-corrected chi connectivity index (χ2v) is 6.07. The molecule has 0 N–H and O–H groups in total. The Morgan fingerprint density at radius 3 is 2.71 bits per heavy atom. The van der Waals surface area contributed by atoms with Gasteiger partial charge in [-0.05, 0) is 36.2 Å². The molecule has 0 radical (unpaired) electrons. The molecule has 0 saturated carbocycles. The van der Waals surface area contributed by atoms with E-state index in [4.69, 9.17) is 0 Å². The van der Waals surface area contributed by atoms with Crippen molar-refractivity contribution < 1.29 is 4.79 Å². The number of halogens is 1. The van der Waals surface area contributed by atoms with Gasteiger partial charge in [0.1, 0.15) is 0 Å². The summed E-state index contributed by atoms with van der Waals surface area (Å²) in [5.41, 5.74) is 2.51. The normalized spacial score (nSPS) is 13.2. The maximum atomic E-state index is 12.6. The topological polar surface area (TPSA) is 49.3 Å². The van der Waals surface area contributed by atoms with Crippen LogP contribution in [0.3, 0.4) is 0 Å². The van der Waals surface area contributed by atoms with Crippen molar-refractivity contribution in [2.24, 2.45) is 0 Å². The zero-order chi connectivity index (χ0) is 15.0. The van der Waals surface area contributed by atoms with Gasteiger partial charge in [-0.2, -0.15) is 0 Å². The summed E-state index contributed by atoms with van der Waals surface area (Å²) >= 11 is 3.45. The molecule has 1 aliphatic heterocycles. The highest BCUT2D eigenvalue weighted by Gasteiger charge is 2.26. The van der Waals surface area contributed by atoms with Gasteiger partial charge in [-0.1, -0.05) is 22.0 Å². The first kappa shape index (κ1) is 14.0. The van der Waals surface area contributed by atoms with Crippen LogP contribution < -0.4 is 9.80 Å². The van der Waals surface area contributed by atoms with Crippen LogP contribution in [0, 0.1) is 0 Å². The Hall–Kier alpha value is -1.95. The summed E-state index contributed by atoms with van der Waals surface area (Å²) < 4.78 is 0.968. The molecule has 3 rings (SSSR count). The summed E-state index contributed by atoms with van der Waals surface area (Å²) in [6.07, 6.45) is 0.873. The van der Waals surface area contributed by atoms with Crippen LogP contribution in [0.2, 0.25) is 0 Å². The van der Waals surface area contributed by atoms with Crippen LogP contribution in [0.15, 0.2) is 34.8 Å². The number of hydrogen-bond donors (Lipinski definition) is 0. The Morgan fingerprint density at radius 2 is 2.05 bits per heavy atom. The predicted octanol–water partition coefficient (Wildman–Crippen LogP) is 2.51. The molecule has 2 aromatic rings. The van der Waals surface area contributed by atoms with Gasteiger partial charge in [0.05, 0.1) is 0 Å². The SMILES string of the molecule is CN(C)c1ccc(C(=O)N2CCc3ccc(Br)cc32)nn1. The molecule has 1 amide bonds. The van der Waals surface area contributed by atoms with Gasteiger partial charge < -0.3 is 9.80 Å². The maximum Gasteiger partial charge on any atom is 0.278 e. The van der Waals surface area contributed by atoms with Crippen molar-refractivity contribution in [3.05, 3.63) is 46.1 Å². The largest absolute Gasteiger partial charge is 0.361 e. The second kappa shape index (κ2) is 5.44. The van der Waals surface area contributed by atoms with Crippen LogP contribution in [0.25, 0.3) is 0 Å².